The molecule has 0 aliphatic heterocycles. The van der Waals surface area contributed by atoms with E-state index in [1.807, 2.05) is 13.8 Å². The molecule has 0 saturated carbocycles. The molecule has 4 nitrogen and oxygen atoms in total. The number of thiophene rings is 1. The highest BCUT2D eigenvalue weighted by Crippen LogP contribution is 2.35. The second-order valence-electron chi connectivity index (χ2n) is 6.73. The molecule has 4 rings (SSSR count). The molecular formula is C19H20FN3OS. The number of benzene rings is 1. The van der Waals surface area contributed by atoms with Crippen LogP contribution < -0.4 is 10.9 Å². The van der Waals surface area contributed by atoms with E-state index in [2.05, 4.69) is 5.32 Å². The van der Waals surface area contributed by atoms with Crippen LogP contribution in [-0.4, -0.2) is 9.55 Å². The lowest BCUT2D eigenvalue weighted by atomic mass is 9.97. The van der Waals surface area contributed by atoms with Crippen LogP contribution >= 0.6 is 11.3 Å². The molecule has 0 saturated heterocycles. The first-order chi connectivity index (χ1) is 12.0. The summed E-state index contributed by atoms with van der Waals surface area (Å²) in [7, 11) is 0. The number of anilines is 2. The molecular weight excluding hydrogens is 337 g/mol. The second-order valence-corrected chi connectivity index (χ2v) is 7.81. The largest absolute Gasteiger partial charge is 0.325 e. The summed E-state index contributed by atoms with van der Waals surface area (Å²) in [4.78, 5) is 20.1. The fourth-order valence-corrected chi connectivity index (χ4v) is 4.70. The number of aromatic nitrogens is 2. The second kappa shape index (κ2) is 6.26. The minimum Gasteiger partial charge on any atom is -0.325 e. The van der Waals surface area contributed by atoms with Crippen molar-refractivity contribution in [2.45, 2.75) is 45.6 Å². The summed E-state index contributed by atoms with van der Waals surface area (Å²) in [6.07, 6.45) is 4.32. The van der Waals surface area contributed by atoms with Crippen LogP contribution in [-0.2, 0) is 12.8 Å². The van der Waals surface area contributed by atoms with Crippen LogP contribution in [0.15, 0.2) is 29.1 Å². The zero-order valence-electron chi connectivity index (χ0n) is 14.3. The average Bonchev–Trinajstić information content (AvgIpc) is 2.95. The molecule has 0 atom stereocenters. The van der Waals surface area contributed by atoms with Crippen LogP contribution in [0, 0.1) is 5.82 Å². The molecule has 0 radical (unpaired) electrons. The van der Waals surface area contributed by atoms with E-state index < -0.39 is 0 Å². The Morgan fingerprint density at radius 1 is 1.20 bits per heavy atom. The highest BCUT2D eigenvalue weighted by atomic mass is 32.1. The topological polar surface area (TPSA) is 46.9 Å². The molecule has 0 bridgehead atoms. The molecule has 130 valence electrons. The number of halogens is 1. The molecule has 1 aromatic carbocycles. The van der Waals surface area contributed by atoms with Crippen molar-refractivity contribution in [1.29, 1.82) is 0 Å². The highest BCUT2D eigenvalue weighted by molar-refractivity contribution is 7.18. The van der Waals surface area contributed by atoms with Gasteiger partial charge in [0.2, 0.25) is 5.95 Å². The predicted molar refractivity (Wildman–Crippen MR) is 101 cm³/mol. The minimum atomic E-state index is -0.291. The van der Waals surface area contributed by atoms with Gasteiger partial charge >= 0.3 is 0 Å². The van der Waals surface area contributed by atoms with Crippen molar-refractivity contribution in [1.82, 2.24) is 9.55 Å². The summed E-state index contributed by atoms with van der Waals surface area (Å²) in [5.74, 6) is 0.221. The molecule has 0 spiro atoms. The third kappa shape index (κ3) is 2.84. The van der Waals surface area contributed by atoms with Crippen molar-refractivity contribution in [3.8, 4) is 0 Å². The fourth-order valence-electron chi connectivity index (χ4n) is 3.45. The number of nitrogens with one attached hydrogen (secondary N) is 1. The maximum atomic E-state index is 13.2. The zero-order valence-corrected chi connectivity index (χ0v) is 15.1. The van der Waals surface area contributed by atoms with Gasteiger partial charge in [0.05, 0.1) is 5.39 Å². The maximum Gasteiger partial charge on any atom is 0.264 e. The number of rotatable bonds is 3. The molecule has 2 heterocycles. The van der Waals surface area contributed by atoms with Gasteiger partial charge in [-0.15, -0.1) is 11.3 Å². The molecule has 0 unspecified atom stereocenters. The van der Waals surface area contributed by atoms with E-state index >= 15 is 0 Å². The molecule has 1 aliphatic carbocycles. The number of hydrogen-bond acceptors (Lipinski definition) is 4. The van der Waals surface area contributed by atoms with Crippen molar-refractivity contribution in [3.05, 3.63) is 50.9 Å². The van der Waals surface area contributed by atoms with Crippen molar-refractivity contribution < 1.29 is 4.39 Å². The summed E-state index contributed by atoms with van der Waals surface area (Å²) in [6.45, 7) is 3.95. The number of nitrogens with zero attached hydrogens (tertiary/aromatic N) is 2. The summed E-state index contributed by atoms with van der Waals surface area (Å²) in [6, 6.07) is 6.06. The Bertz CT molecular complexity index is 989. The maximum absolute atomic E-state index is 13.2. The number of hydrogen-bond donors (Lipinski definition) is 1. The van der Waals surface area contributed by atoms with Crippen LogP contribution in [0.25, 0.3) is 10.2 Å². The standard InChI is InChI=1S/C19H20FN3OS/c1-11(2)23-18(24)16-14-5-3-4-6-15(14)25-17(16)22-19(23)21-13-9-7-12(20)8-10-13/h7-11H,3-6H2,1-2H3,(H,21,22). The van der Waals surface area contributed by atoms with E-state index in [1.54, 1.807) is 28.0 Å². The first-order valence-electron chi connectivity index (χ1n) is 8.64. The van der Waals surface area contributed by atoms with Gasteiger partial charge in [-0.1, -0.05) is 0 Å². The molecule has 3 aromatic rings. The van der Waals surface area contributed by atoms with Gasteiger partial charge in [-0.2, -0.15) is 0 Å². The van der Waals surface area contributed by atoms with Crippen molar-refractivity contribution in [2.24, 2.45) is 0 Å². The van der Waals surface area contributed by atoms with Gasteiger partial charge < -0.3 is 5.32 Å². The van der Waals surface area contributed by atoms with Gasteiger partial charge in [0.1, 0.15) is 10.6 Å². The van der Waals surface area contributed by atoms with Gasteiger partial charge in [-0.3, -0.25) is 9.36 Å². The van der Waals surface area contributed by atoms with Gasteiger partial charge in [0.25, 0.3) is 5.56 Å². The lowest BCUT2D eigenvalue weighted by Crippen LogP contribution is -2.26. The summed E-state index contributed by atoms with van der Waals surface area (Å²) in [5, 5.41) is 3.98. The van der Waals surface area contributed by atoms with E-state index in [9.17, 15) is 9.18 Å². The Morgan fingerprint density at radius 3 is 2.64 bits per heavy atom. The first kappa shape index (κ1) is 16.3. The molecule has 1 N–H and O–H groups in total. The minimum absolute atomic E-state index is 0.0176. The Kier molecular flexibility index (Phi) is 4.07. The quantitative estimate of drug-likeness (QED) is 0.732. The smallest absolute Gasteiger partial charge is 0.264 e. The SMILES string of the molecule is CC(C)n1c(Nc2ccc(F)cc2)nc2sc3c(c2c1=O)CCCC3. The van der Waals surface area contributed by atoms with E-state index in [0.29, 0.717) is 11.6 Å². The summed E-state index contributed by atoms with van der Waals surface area (Å²) in [5.41, 5.74) is 1.93. The molecule has 6 heteroatoms. The van der Waals surface area contributed by atoms with Crippen LogP contribution in [0.2, 0.25) is 0 Å². The van der Waals surface area contributed by atoms with E-state index in [4.69, 9.17) is 4.98 Å². The number of aryl methyl sites for hydroxylation is 2. The lowest BCUT2D eigenvalue weighted by Gasteiger charge is -2.17. The monoisotopic (exact) mass is 357 g/mol. The van der Waals surface area contributed by atoms with Gasteiger partial charge in [-0.25, -0.2) is 9.37 Å². The normalized spacial score (nSPS) is 14.1. The Labute approximate surface area is 149 Å². The van der Waals surface area contributed by atoms with E-state index in [1.165, 1.54) is 29.0 Å². The average molecular weight is 357 g/mol. The molecule has 2 aromatic heterocycles. The lowest BCUT2D eigenvalue weighted by molar-refractivity contribution is 0.582. The Morgan fingerprint density at radius 2 is 1.92 bits per heavy atom. The Hall–Kier alpha value is -2.21. The first-order valence-corrected chi connectivity index (χ1v) is 9.45. The van der Waals surface area contributed by atoms with Gasteiger partial charge in [0.15, 0.2) is 0 Å². The molecule has 1 aliphatic rings. The van der Waals surface area contributed by atoms with Crippen molar-refractivity contribution in [3.63, 3.8) is 0 Å². The van der Waals surface area contributed by atoms with E-state index in [0.717, 1.165) is 29.5 Å². The third-order valence-electron chi connectivity index (χ3n) is 4.64. The van der Waals surface area contributed by atoms with Crippen LogP contribution in [0.5, 0.6) is 0 Å². The predicted octanol–water partition coefficient (Wildman–Crippen LogP) is 4.80. The summed E-state index contributed by atoms with van der Waals surface area (Å²) < 4.78 is 14.8. The van der Waals surface area contributed by atoms with Crippen LogP contribution in [0.4, 0.5) is 16.0 Å². The molecule has 25 heavy (non-hydrogen) atoms. The molecule has 0 fully saturated rings. The fraction of sp³-hybridized carbons (Fsp3) is 0.368. The van der Waals surface area contributed by atoms with Crippen LogP contribution in [0.1, 0.15) is 43.2 Å². The zero-order chi connectivity index (χ0) is 17.6. The Balaban J connectivity index is 1.89. The van der Waals surface area contributed by atoms with Crippen molar-refractivity contribution in [2.75, 3.05) is 5.32 Å². The number of fused-ring (bicyclic) bond motifs is 3. The highest BCUT2D eigenvalue weighted by Gasteiger charge is 2.23. The van der Waals surface area contributed by atoms with Gasteiger partial charge in [-0.05, 0) is 69.4 Å². The van der Waals surface area contributed by atoms with Crippen molar-refractivity contribution >= 4 is 33.2 Å². The summed E-state index contributed by atoms with van der Waals surface area (Å²) >= 11 is 1.64. The van der Waals surface area contributed by atoms with Gasteiger partial charge in [0, 0.05) is 16.6 Å². The molecule has 0 amide bonds. The van der Waals surface area contributed by atoms with Crippen LogP contribution in [0.3, 0.4) is 0 Å². The third-order valence-corrected chi connectivity index (χ3v) is 5.82. The van der Waals surface area contributed by atoms with E-state index in [-0.39, 0.29) is 17.4 Å².